The molecule has 1 aliphatic rings. The molecule has 1 aliphatic heterocycles. The summed E-state index contributed by atoms with van der Waals surface area (Å²) in [5.41, 5.74) is 2.83. The summed E-state index contributed by atoms with van der Waals surface area (Å²) < 4.78 is 0. The number of hydrogen-bond donors (Lipinski definition) is 2. The van der Waals surface area contributed by atoms with Crippen molar-refractivity contribution in [2.24, 2.45) is 11.3 Å². The van der Waals surface area contributed by atoms with Crippen molar-refractivity contribution in [3.63, 3.8) is 0 Å². The molecule has 0 bridgehead atoms. The van der Waals surface area contributed by atoms with E-state index in [9.17, 15) is 4.79 Å². The monoisotopic (exact) mass is 282 g/mol. The molecule has 5 nitrogen and oxygen atoms in total. The minimum atomic E-state index is -0.130. The molecule has 0 aliphatic carbocycles. The van der Waals surface area contributed by atoms with Crippen LogP contribution < -0.4 is 11.3 Å². The zero-order valence-electron chi connectivity index (χ0n) is 11.2. The number of nitrogens with one attached hydrogen (secondary N) is 1. The number of likely N-dealkylation sites (tertiary alicyclic amines) is 1. The Morgan fingerprint density at radius 3 is 2.89 bits per heavy atom. The molecule has 0 saturated carbocycles. The van der Waals surface area contributed by atoms with Gasteiger partial charge in [0.15, 0.2) is 0 Å². The molecule has 2 rings (SSSR count). The van der Waals surface area contributed by atoms with Crippen molar-refractivity contribution in [3.05, 3.63) is 22.8 Å². The van der Waals surface area contributed by atoms with Crippen LogP contribution in [0.4, 0.5) is 5.82 Å². The molecular formula is C13H19ClN4O. The van der Waals surface area contributed by atoms with Gasteiger partial charge in [0.1, 0.15) is 11.5 Å². The first-order valence-electron chi connectivity index (χ1n) is 6.35. The molecule has 0 aromatic carbocycles. The number of hydrogen-bond acceptors (Lipinski definition) is 4. The Labute approximate surface area is 118 Å². The second-order valence-corrected chi connectivity index (χ2v) is 6.07. The summed E-state index contributed by atoms with van der Waals surface area (Å²) in [5.74, 6) is 5.61. The maximum absolute atomic E-state index is 12.5. The predicted octanol–water partition coefficient (Wildman–Crippen LogP) is 2.28. The van der Waals surface area contributed by atoms with E-state index in [0.29, 0.717) is 10.8 Å². The normalized spacial score (nSPS) is 18.2. The second-order valence-electron chi connectivity index (χ2n) is 5.67. The maximum Gasteiger partial charge on any atom is 0.274 e. The van der Waals surface area contributed by atoms with Crippen molar-refractivity contribution < 1.29 is 4.79 Å². The number of rotatable bonds is 2. The molecular weight excluding hydrogens is 264 g/mol. The fourth-order valence-electron chi connectivity index (χ4n) is 2.42. The van der Waals surface area contributed by atoms with E-state index in [-0.39, 0.29) is 17.0 Å². The van der Waals surface area contributed by atoms with Crippen molar-refractivity contribution in [3.8, 4) is 0 Å². The van der Waals surface area contributed by atoms with Gasteiger partial charge in [-0.25, -0.2) is 10.8 Å². The van der Waals surface area contributed by atoms with E-state index in [1.807, 2.05) is 4.90 Å². The Bertz CT molecular complexity index is 490. The van der Waals surface area contributed by atoms with Gasteiger partial charge in [-0.2, -0.15) is 0 Å². The average molecular weight is 283 g/mol. The number of nitrogens with two attached hydrogens (primary N) is 1. The molecule has 1 fully saturated rings. The lowest BCUT2D eigenvalue weighted by Crippen LogP contribution is -2.44. The van der Waals surface area contributed by atoms with E-state index >= 15 is 0 Å². The highest BCUT2D eigenvalue weighted by Crippen LogP contribution is 2.30. The van der Waals surface area contributed by atoms with Crippen LogP contribution in [0, 0.1) is 5.41 Å². The van der Waals surface area contributed by atoms with Crippen LogP contribution in [0.5, 0.6) is 0 Å². The van der Waals surface area contributed by atoms with Crippen LogP contribution in [0.2, 0.25) is 5.02 Å². The number of hydrazine groups is 1. The number of carbonyl (C=O) groups excluding carboxylic acids is 1. The highest BCUT2D eigenvalue weighted by atomic mass is 35.5. The average Bonchev–Trinajstić information content (AvgIpc) is 2.37. The largest absolute Gasteiger partial charge is 0.337 e. The molecule has 104 valence electrons. The van der Waals surface area contributed by atoms with E-state index in [1.54, 1.807) is 12.1 Å². The quantitative estimate of drug-likeness (QED) is 0.645. The second kappa shape index (κ2) is 5.35. The van der Waals surface area contributed by atoms with Crippen molar-refractivity contribution >= 4 is 23.3 Å². The first-order valence-corrected chi connectivity index (χ1v) is 6.73. The Hall–Kier alpha value is -1.33. The summed E-state index contributed by atoms with van der Waals surface area (Å²) in [4.78, 5) is 18.5. The SMILES string of the molecule is CC1(C)CCCN(C(=O)c2nc(NN)ccc2Cl)C1. The number of carbonyl (C=O) groups is 1. The fraction of sp³-hybridized carbons (Fsp3) is 0.538. The first kappa shape index (κ1) is 14.1. The summed E-state index contributed by atoms with van der Waals surface area (Å²) >= 11 is 6.06. The maximum atomic E-state index is 12.5. The molecule has 1 amide bonds. The number of nitrogens with zero attached hydrogens (tertiary/aromatic N) is 2. The van der Waals surface area contributed by atoms with Gasteiger partial charge in [-0.05, 0) is 30.4 Å². The first-order chi connectivity index (χ1) is 8.93. The zero-order chi connectivity index (χ0) is 14.0. The van der Waals surface area contributed by atoms with Crippen LogP contribution in [-0.4, -0.2) is 28.9 Å². The lowest BCUT2D eigenvalue weighted by molar-refractivity contribution is 0.0578. The molecule has 3 N–H and O–H groups in total. The van der Waals surface area contributed by atoms with Gasteiger partial charge in [-0.1, -0.05) is 25.4 Å². The number of anilines is 1. The number of amides is 1. The Kier molecular flexibility index (Phi) is 3.96. The molecule has 0 spiro atoms. The molecule has 2 heterocycles. The third-order valence-corrected chi connectivity index (χ3v) is 3.69. The van der Waals surface area contributed by atoms with Gasteiger partial charge in [0.25, 0.3) is 5.91 Å². The number of nitrogen functional groups attached to an aromatic ring is 1. The zero-order valence-corrected chi connectivity index (χ0v) is 12.0. The third kappa shape index (κ3) is 3.16. The van der Waals surface area contributed by atoms with Crippen molar-refractivity contribution in [1.29, 1.82) is 0 Å². The van der Waals surface area contributed by atoms with Gasteiger partial charge in [0.2, 0.25) is 0 Å². The smallest absolute Gasteiger partial charge is 0.274 e. The van der Waals surface area contributed by atoms with Gasteiger partial charge in [-0.3, -0.25) is 4.79 Å². The molecule has 0 atom stereocenters. The summed E-state index contributed by atoms with van der Waals surface area (Å²) in [5, 5.41) is 0.354. The Balaban J connectivity index is 2.24. The topological polar surface area (TPSA) is 71.2 Å². The predicted molar refractivity (Wildman–Crippen MR) is 76.0 cm³/mol. The summed E-state index contributed by atoms with van der Waals surface area (Å²) in [7, 11) is 0. The van der Waals surface area contributed by atoms with E-state index in [0.717, 1.165) is 25.9 Å². The van der Waals surface area contributed by atoms with Crippen molar-refractivity contribution in [1.82, 2.24) is 9.88 Å². The molecule has 6 heteroatoms. The lowest BCUT2D eigenvalue weighted by atomic mass is 9.84. The lowest BCUT2D eigenvalue weighted by Gasteiger charge is -2.38. The van der Waals surface area contributed by atoms with Crippen LogP contribution in [-0.2, 0) is 0 Å². The van der Waals surface area contributed by atoms with Crippen LogP contribution in [0.15, 0.2) is 12.1 Å². The van der Waals surface area contributed by atoms with Crippen LogP contribution in [0.25, 0.3) is 0 Å². The van der Waals surface area contributed by atoms with Crippen molar-refractivity contribution in [2.75, 3.05) is 18.5 Å². The molecule has 1 saturated heterocycles. The van der Waals surface area contributed by atoms with E-state index in [4.69, 9.17) is 17.4 Å². The number of piperidine rings is 1. The van der Waals surface area contributed by atoms with Gasteiger partial charge in [-0.15, -0.1) is 0 Å². The van der Waals surface area contributed by atoms with Gasteiger partial charge >= 0.3 is 0 Å². The molecule has 1 aromatic rings. The Morgan fingerprint density at radius 1 is 1.53 bits per heavy atom. The van der Waals surface area contributed by atoms with E-state index in [1.165, 1.54) is 0 Å². The summed E-state index contributed by atoms with van der Waals surface area (Å²) in [6.45, 7) is 5.81. The third-order valence-electron chi connectivity index (χ3n) is 3.38. The standard InChI is InChI=1S/C13H19ClN4O/c1-13(2)6-3-7-18(8-13)12(19)11-9(14)4-5-10(16-11)17-15/h4-5H,3,6-8,15H2,1-2H3,(H,16,17). The number of aromatic nitrogens is 1. The number of halogens is 1. The van der Waals surface area contributed by atoms with Crippen LogP contribution in [0.3, 0.4) is 0 Å². The van der Waals surface area contributed by atoms with E-state index < -0.39 is 0 Å². The molecule has 19 heavy (non-hydrogen) atoms. The summed E-state index contributed by atoms with van der Waals surface area (Å²) in [6, 6.07) is 3.27. The van der Waals surface area contributed by atoms with E-state index in [2.05, 4.69) is 24.3 Å². The van der Waals surface area contributed by atoms with Crippen molar-refractivity contribution in [2.45, 2.75) is 26.7 Å². The number of pyridine rings is 1. The molecule has 0 radical (unpaired) electrons. The minimum absolute atomic E-state index is 0.130. The van der Waals surface area contributed by atoms with Gasteiger partial charge in [0.05, 0.1) is 5.02 Å². The minimum Gasteiger partial charge on any atom is -0.337 e. The highest BCUT2D eigenvalue weighted by molar-refractivity contribution is 6.33. The Morgan fingerprint density at radius 2 is 2.26 bits per heavy atom. The van der Waals surface area contributed by atoms with Crippen LogP contribution in [0.1, 0.15) is 37.2 Å². The van der Waals surface area contributed by atoms with Gasteiger partial charge in [0, 0.05) is 13.1 Å². The van der Waals surface area contributed by atoms with Gasteiger partial charge < -0.3 is 10.3 Å². The molecule has 0 unspecified atom stereocenters. The van der Waals surface area contributed by atoms with Crippen LogP contribution >= 0.6 is 11.6 Å². The highest BCUT2D eigenvalue weighted by Gasteiger charge is 2.30. The fourth-order valence-corrected chi connectivity index (χ4v) is 2.60. The molecule has 1 aromatic heterocycles. The summed E-state index contributed by atoms with van der Waals surface area (Å²) in [6.07, 6.45) is 2.13.